The number of carbonyl (C=O) groups is 1. The van der Waals surface area contributed by atoms with Gasteiger partial charge in [0.15, 0.2) is 12.5 Å². The van der Waals surface area contributed by atoms with E-state index in [1.807, 2.05) is 24.3 Å². The Balaban J connectivity index is 1.76. The molecule has 1 saturated heterocycles. The molecule has 0 N–H and O–H groups in total. The molecular formula is C20H20N2O5S. The summed E-state index contributed by atoms with van der Waals surface area (Å²) in [6, 6.07) is 12.5. The lowest BCUT2D eigenvalue weighted by molar-refractivity contribution is -0.0367. The zero-order valence-corrected chi connectivity index (χ0v) is 16.2. The zero-order valence-electron chi connectivity index (χ0n) is 15.4. The molecule has 1 aliphatic rings. The third-order valence-electron chi connectivity index (χ3n) is 4.69. The van der Waals surface area contributed by atoms with Gasteiger partial charge in [-0.2, -0.15) is 13.5 Å². The van der Waals surface area contributed by atoms with Crippen LogP contribution in [0.5, 0.6) is 5.75 Å². The molecule has 0 aliphatic carbocycles. The fourth-order valence-corrected chi connectivity index (χ4v) is 3.92. The van der Waals surface area contributed by atoms with Gasteiger partial charge >= 0.3 is 10.1 Å². The summed E-state index contributed by atoms with van der Waals surface area (Å²) in [4.78, 5) is 11.6. The van der Waals surface area contributed by atoms with Crippen molar-refractivity contribution in [3.8, 4) is 16.9 Å². The van der Waals surface area contributed by atoms with Crippen LogP contribution in [0.3, 0.4) is 0 Å². The van der Waals surface area contributed by atoms with Crippen LogP contribution in [0.15, 0.2) is 42.5 Å². The first-order valence-electron chi connectivity index (χ1n) is 9.03. The van der Waals surface area contributed by atoms with Crippen molar-refractivity contribution in [3.63, 3.8) is 0 Å². The topological polar surface area (TPSA) is 87.5 Å². The second-order valence-electron chi connectivity index (χ2n) is 6.82. The maximum absolute atomic E-state index is 11.6. The summed E-state index contributed by atoms with van der Waals surface area (Å²) < 4.78 is 35.3. The summed E-state index contributed by atoms with van der Waals surface area (Å²) in [5.74, 6) is 0.238. The van der Waals surface area contributed by atoms with Gasteiger partial charge in [0.05, 0.1) is 11.8 Å². The highest BCUT2D eigenvalue weighted by Gasteiger charge is 2.21. The molecule has 3 aromatic rings. The number of nitrogens with zero attached hydrogens (tertiary/aromatic N) is 2. The van der Waals surface area contributed by atoms with Crippen LogP contribution in [-0.4, -0.2) is 37.3 Å². The first-order chi connectivity index (χ1) is 13.4. The predicted octanol–water partition coefficient (Wildman–Crippen LogP) is 3.55. The van der Waals surface area contributed by atoms with Crippen LogP contribution >= 0.6 is 0 Å². The molecule has 0 saturated carbocycles. The van der Waals surface area contributed by atoms with Gasteiger partial charge in [0.25, 0.3) is 0 Å². The zero-order chi connectivity index (χ0) is 19.7. The number of aromatic nitrogens is 2. The van der Waals surface area contributed by atoms with Crippen LogP contribution in [0.2, 0.25) is 0 Å². The predicted molar refractivity (Wildman–Crippen MR) is 105 cm³/mol. The molecule has 1 atom stereocenters. The van der Waals surface area contributed by atoms with Gasteiger partial charge in [0, 0.05) is 12.0 Å². The smallest absolute Gasteiger partial charge is 0.306 e. The van der Waals surface area contributed by atoms with E-state index in [0.29, 0.717) is 12.3 Å². The highest BCUT2D eigenvalue weighted by Crippen LogP contribution is 2.32. The van der Waals surface area contributed by atoms with Crippen molar-refractivity contribution in [2.24, 2.45) is 0 Å². The molecule has 7 nitrogen and oxygen atoms in total. The van der Waals surface area contributed by atoms with E-state index in [-0.39, 0.29) is 12.0 Å². The lowest BCUT2D eigenvalue weighted by Gasteiger charge is -2.23. The molecule has 4 rings (SSSR count). The molecule has 2 aromatic carbocycles. The first kappa shape index (κ1) is 18.6. The number of aldehydes is 1. The minimum Gasteiger partial charge on any atom is -0.383 e. The standard InChI is InChI=1S/C20H20N2O5S/c1-28(24,25)27-16-6-4-5-14(11-16)15-8-9-19-17(12-15)18(13-23)21-22(19)20-7-2-3-10-26-20/h4-6,8-9,11-13,20H,2-3,7,10H2,1H3. The number of hydrogen-bond donors (Lipinski definition) is 0. The van der Waals surface area contributed by atoms with E-state index >= 15 is 0 Å². The summed E-state index contributed by atoms with van der Waals surface area (Å²) in [7, 11) is -3.60. The lowest BCUT2D eigenvalue weighted by Crippen LogP contribution is -2.19. The van der Waals surface area contributed by atoms with Crippen LogP contribution in [0.1, 0.15) is 36.0 Å². The van der Waals surface area contributed by atoms with E-state index in [1.165, 1.54) is 0 Å². The Bertz CT molecular complexity index is 1130. The molecular weight excluding hydrogens is 380 g/mol. The van der Waals surface area contributed by atoms with Gasteiger partial charge in [-0.05, 0) is 54.7 Å². The Hall–Kier alpha value is -2.71. The van der Waals surface area contributed by atoms with Crippen molar-refractivity contribution in [1.82, 2.24) is 9.78 Å². The Kier molecular flexibility index (Phi) is 4.91. The number of benzene rings is 2. The van der Waals surface area contributed by atoms with Crippen LogP contribution in [0, 0.1) is 0 Å². The van der Waals surface area contributed by atoms with Crippen LogP contribution in [0.4, 0.5) is 0 Å². The molecule has 0 radical (unpaired) electrons. The third kappa shape index (κ3) is 3.79. The third-order valence-corrected chi connectivity index (χ3v) is 5.19. The minimum absolute atomic E-state index is 0.165. The molecule has 1 unspecified atom stereocenters. The van der Waals surface area contributed by atoms with E-state index < -0.39 is 10.1 Å². The molecule has 2 heterocycles. The van der Waals surface area contributed by atoms with Crippen molar-refractivity contribution in [2.75, 3.05) is 12.9 Å². The van der Waals surface area contributed by atoms with E-state index in [2.05, 4.69) is 5.10 Å². The number of rotatable bonds is 5. The number of hydrogen-bond acceptors (Lipinski definition) is 6. The fraction of sp³-hybridized carbons (Fsp3) is 0.300. The van der Waals surface area contributed by atoms with Crippen molar-refractivity contribution >= 4 is 27.3 Å². The van der Waals surface area contributed by atoms with Gasteiger partial charge in [0.1, 0.15) is 11.4 Å². The van der Waals surface area contributed by atoms with Crippen molar-refractivity contribution in [1.29, 1.82) is 0 Å². The van der Waals surface area contributed by atoms with E-state index in [1.54, 1.807) is 22.9 Å². The van der Waals surface area contributed by atoms with Gasteiger partial charge in [-0.15, -0.1) is 0 Å². The summed E-state index contributed by atoms with van der Waals surface area (Å²) >= 11 is 0. The molecule has 146 valence electrons. The van der Waals surface area contributed by atoms with Crippen LogP contribution in [-0.2, 0) is 14.9 Å². The minimum atomic E-state index is -3.60. The molecule has 28 heavy (non-hydrogen) atoms. The Labute approximate surface area is 163 Å². The van der Waals surface area contributed by atoms with Gasteiger partial charge in [0.2, 0.25) is 0 Å². The van der Waals surface area contributed by atoms with Crippen LogP contribution in [0.25, 0.3) is 22.0 Å². The van der Waals surface area contributed by atoms with Gasteiger partial charge in [-0.25, -0.2) is 4.68 Å². The van der Waals surface area contributed by atoms with Gasteiger partial charge in [-0.1, -0.05) is 18.2 Å². The van der Waals surface area contributed by atoms with Crippen molar-refractivity contribution < 1.29 is 22.1 Å². The van der Waals surface area contributed by atoms with E-state index in [9.17, 15) is 13.2 Å². The number of carbonyl (C=O) groups excluding carboxylic acids is 1. The summed E-state index contributed by atoms with van der Waals surface area (Å²) in [6.07, 6.45) is 4.54. The average Bonchev–Trinajstić information content (AvgIpc) is 3.05. The van der Waals surface area contributed by atoms with E-state index in [0.717, 1.165) is 53.8 Å². The fourth-order valence-electron chi connectivity index (χ4n) is 3.47. The Morgan fingerprint density at radius 2 is 2.00 bits per heavy atom. The summed E-state index contributed by atoms with van der Waals surface area (Å²) in [5, 5.41) is 5.18. The van der Waals surface area contributed by atoms with Crippen molar-refractivity contribution in [2.45, 2.75) is 25.5 Å². The number of ether oxygens (including phenoxy) is 1. The molecule has 1 aliphatic heterocycles. The Morgan fingerprint density at radius 1 is 1.18 bits per heavy atom. The van der Waals surface area contributed by atoms with Gasteiger partial charge in [-0.3, -0.25) is 4.79 Å². The molecule has 1 aromatic heterocycles. The largest absolute Gasteiger partial charge is 0.383 e. The Morgan fingerprint density at radius 3 is 2.71 bits per heavy atom. The van der Waals surface area contributed by atoms with Crippen molar-refractivity contribution in [3.05, 3.63) is 48.2 Å². The molecule has 1 fully saturated rings. The quantitative estimate of drug-likeness (QED) is 0.481. The second-order valence-corrected chi connectivity index (χ2v) is 8.39. The summed E-state index contributed by atoms with van der Waals surface area (Å²) in [6.45, 7) is 0.688. The maximum Gasteiger partial charge on any atom is 0.306 e. The first-order valence-corrected chi connectivity index (χ1v) is 10.9. The highest BCUT2D eigenvalue weighted by molar-refractivity contribution is 7.86. The van der Waals surface area contributed by atoms with Crippen LogP contribution < -0.4 is 4.18 Å². The normalized spacial score (nSPS) is 17.5. The molecule has 0 amide bonds. The average molecular weight is 400 g/mol. The maximum atomic E-state index is 11.6. The SMILES string of the molecule is CS(=O)(=O)Oc1cccc(-c2ccc3c(c2)c(C=O)nn3C2CCCCO2)c1. The highest BCUT2D eigenvalue weighted by atomic mass is 32.2. The number of fused-ring (bicyclic) bond motifs is 1. The second kappa shape index (κ2) is 7.37. The molecule has 8 heteroatoms. The summed E-state index contributed by atoms with van der Waals surface area (Å²) in [5.41, 5.74) is 2.80. The van der Waals surface area contributed by atoms with Gasteiger partial charge < -0.3 is 8.92 Å². The monoisotopic (exact) mass is 400 g/mol. The van der Waals surface area contributed by atoms with E-state index in [4.69, 9.17) is 8.92 Å². The molecule has 0 bridgehead atoms. The lowest BCUT2D eigenvalue weighted by atomic mass is 10.0. The molecule has 0 spiro atoms.